The molecule has 1 aromatic carbocycles. The van der Waals surface area contributed by atoms with Crippen molar-refractivity contribution in [2.75, 3.05) is 6.61 Å². The number of ether oxygens (including phenoxy) is 2. The molecule has 1 aliphatic rings. The fourth-order valence-corrected chi connectivity index (χ4v) is 2.15. The van der Waals surface area contributed by atoms with E-state index in [4.69, 9.17) is 9.47 Å². The van der Waals surface area contributed by atoms with E-state index >= 15 is 0 Å². The summed E-state index contributed by atoms with van der Waals surface area (Å²) < 4.78 is 11.4. The van der Waals surface area contributed by atoms with Gasteiger partial charge in [0, 0.05) is 5.56 Å². The zero-order valence-corrected chi connectivity index (χ0v) is 10.4. The molecule has 1 heterocycles. The van der Waals surface area contributed by atoms with Crippen molar-refractivity contribution in [3.05, 3.63) is 29.8 Å². The number of benzene rings is 1. The predicted molar refractivity (Wildman–Crippen MR) is 66.1 cm³/mol. The first-order chi connectivity index (χ1) is 8.16. The normalized spacial score (nSPS) is 25.8. The molecule has 0 bridgehead atoms. The van der Waals surface area contributed by atoms with Crippen LogP contribution in [0.15, 0.2) is 24.3 Å². The summed E-state index contributed by atoms with van der Waals surface area (Å²) in [6.45, 7) is 4.40. The lowest BCUT2D eigenvalue weighted by atomic mass is 10.1. The summed E-state index contributed by atoms with van der Waals surface area (Å²) in [7, 11) is 0. The van der Waals surface area contributed by atoms with Crippen LogP contribution in [0.3, 0.4) is 0 Å². The van der Waals surface area contributed by atoms with Crippen molar-refractivity contribution >= 4 is 0 Å². The highest BCUT2D eigenvalue weighted by Crippen LogP contribution is 2.26. The standard InChI is InChI=1S/C14H20O3/c1-10-7-8-12(17-10)9-16-14-6-4-3-5-13(14)11(2)15/h3-6,10-12,15H,7-9H2,1-2H3/t10?,11-,12?/m1/s1. The summed E-state index contributed by atoms with van der Waals surface area (Å²) in [5.41, 5.74) is 0.832. The van der Waals surface area contributed by atoms with Gasteiger partial charge in [0.1, 0.15) is 12.4 Å². The van der Waals surface area contributed by atoms with Crippen LogP contribution in [0.4, 0.5) is 0 Å². The second-order valence-electron chi connectivity index (χ2n) is 4.67. The van der Waals surface area contributed by atoms with Gasteiger partial charge in [-0.3, -0.25) is 0 Å². The van der Waals surface area contributed by atoms with Gasteiger partial charge in [-0.15, -0.1) is 0 Å². The fourth-order valence-electron chi connectivity index (χ4n) is 2.15. The van der Waals surface area contributed by atoms with Crippen molar-refractivity contribution < 1.29 is 14.6 Å². The SMILES string of the molecule is CC1CCC(COc2ccccc2[C@@H](C)O)O1. The van der Waals surface area contributed by atoms with Gasteiger partial charge in [-0.1, -0.05) is 18.2 Å². The van der Waals surface area contributed by atoms with Crippen LogP contribution in [-0.2, 0) is 4.74 Å². The van der Waals surface area contributed by atoms with E-state index in [1.54, 1.807) is 6.92 Å². The lowest BCUT2D eigenvalue weighted by Gasteiger charge is -2.16. The molecule has 3 atom stereocenters. The molecule has 2 unspecified atom stereocenters. The second-order valence-corrected chi connectivity index (χ2v) is 4.67. The molecule has 3 heteroatoms. The molecule has 0 spiro atoms. The van der Waals surface area contributed by atoms with Crippen LogP contribution >= 0.6 is 0 Å². The first-order valence-electron chi connectivity index (χ1n) is 6.22. The fraction of sp³-hybridized carbons (Fsp3) is 0.571. The first kappa shape index (κ1) is 12.4. The van der Waals surface area contributed by atoms with E-state index in [0.29, 0.717) is 12.7 Å². The second kappa shape index (κ2) is 5.52. The quantitative estimate of drug-likeness (QED) is 0.873. The van der Waals surface area contributed by atoms with Gasteiger partial charge in [0.15, 0.2) is 0 Å². The van der Waals surface area contributed by atoms with Crippen molar-refractivity contribution in [1.82, 2.24) is 0 Å². The summed E-state index contributed by atoms with van der Waals surface area (Å²) in [6, 6.07) is 7.60. The molecule has 1 fully saturated rings. The Kier molecular flexibility index (Phi) is 4.02. The maximum atomic E-state index is 9.63. The molecule has 1 aromatic rings. The molecule has 2 rings (SSSR count). The highest BCUT2D eigenvalue weighted by atomic mass is 16.5. The van der Waals surface area contributed by atoms with E-state index in [-0.39, 0.29) is 6.10 Å². The molecule has 0 amide bonds. The highest BCUT2D eigenvalue weighted by Gasteiger charge is 2.22. The Hall–Kier alpha value is -1.06. The third-order valence-electron chi connectivity index (χ3n) is 3.11. The maximum absolute atomic E-state index is 9.63. The van der Waals surface area contributed by atoms with Crippen molar-refractivity contribution in [1.29, 1.82) is 0 Å². The van der Waals surface area contributed by atoms with E-state index < -0.39 is 6.10 Å². The molecule has 1 N–H and O–H groups in total. The van der Waals surface area contributed by atoms with Gasteiger partial charge in [-0.25, -0.2) is 0 Å². The smallest absolute Gasteiger partial charge is 0.125 e. The number of para-hydroxylation sites is 1. The molecule has 3 nitrogen and oxygen atoms in total. The monoisotopic (exact) mass is 236 g/mol. The summed E-state index contributed by atoms with van der Waals surface area (Å²) >= 11 is 0. The van der Waals surface area contributed by atoms with Gasteiger partial charge in [0.2, 0.25) is 0 Å². The van der Waals surface area contributed by atoms with E-state index in [1.165, 1.54) is 0 Å². The molecule has 1 saturated heterocycles. The van der Waals surface area contributed by atoms with Crippen LogP contribution < -0.4 is 4.74 Å². The van der Waals surface area contributed by atoms with E-state index in [9.17, 15) is 5.11 Å². The number of aliphatic hydroxyl groups excluding tert-OH is 1. The third kappa shape index (κ3) is 3.20. The minimum absolute atomic E-state index is 0.187. The Labute approximate surface area is 102 Å². The molecule has 0 aromatic heterocycles. The van der Waals surface area contributed by atoms with Crippen molar-refractivity contribution in [3.63, 3.8) is 0 Å². The largest absolute Gasteiger partial charge is 0.490 e. The van der Waals surface area contributed by atoms with Crippen molar-refractivity contribution in [2.24, 2.45) is 0 Å². The lowest BCUT2D eigenvalue weighted by molar-refractivity contribution is 0.0257. The van der Waals surface area contributed by atoms with Gasteiger partial charge in [0.05, 0.1) is 18.3 Å². The lowest BCUT2D eigenvalue weighted by Crippen LogP contribution is -2.18. The molecule has 17 heavy (non-hydrogen) atoms. The van der Waals surface area contributed by atoms with Crippen molar-refractivity contribution in [3.8, 4) is 5.75 Å². The minimum Gasteiger partial charge on any atom is -0.490 e. The summed E-state index contributed by atoms with van der Waals surface area (Å²) in [6.07, 6.45) is 2.18. The van der Waals surface area contributed by atoms with E-state index in [1.807, 2.05) is 24.3 Å². The Morgan fingerprint density at radius 2 is 2.18 bits per heavy atom. The Bertz CT molecular complexity index is 362. The Morgan fingerprint density at radius 3 is 2.82 bits per heavy atom. The molecule has 0 aliphatic carbocycles. The molecule has 0 saturated carbocycles. The zero-order valence-electron chi connectivity index (χ0n) is 10.4. The van der Waals surface area contributed by atoms with Crippen LogP contribution in [0.2, 0.25) is 0 Å². The average molecular weight is 236 g/mol. The number of rotatable bonds is 4. The maximum Gasteiger partial charge on any atom is 0.125 e. The van der Waals surface area contributed by atoms with Gasteiger partial charge in [0.25, 0.3) is 0 Å². The molecular formula is C14H20O3. The Morgan fingerprint density at radius 1 is 1.41 bits per heavy atom. The molecule has 94 valence electrons. The van der Waals surface area contributed by atoms with Crippen LogP contribution in [0.25, 0.3) is 0 Å². The van der Waals surface area contributed by atoms with Crippen LogP contribution in [0.1, 0.15) is 38.4 Å². The Balaban J connectivity index is 1.94. The number of hydrogen-bond donors (Lipinski definition) is 1. The van der Waals surface area contributed by atoms with Crippen LogP contribution in [-0.4, -0.2) is 23.9 Å². The van der Waals surface area contributed by atoms with E-state index in [2.05, 4.69) is 6.92 Å². The molecule has 1 aliphatic heterocycles. The van der Waals surface area contributed by atoms with Gasteiger partial charge < -0.3 is 14.6 Å². The third-order valence-corrected chi connectivity index (χ3v) is 3.11. The highest BCUT2D eigenvalue weighted by molar-refractivity contribution is 5.34. The minimum atomic E-state index is -0.505. The van der Waals surface area contributed by atoms with Crippen LogP contribution in [0.5, 0.6) is 5.75 Å². The number of hydrogen-bond acceptors (Lipinski definition) is 3. The van der Waals surface area contributed by atoms with E-state index in [0.717, 1.165) is 24.2 Å². The zero-order chi connectivity index (χ0) is 12.3. The van der Waals surface area contributed by atoms with Crippen LogP contribution in [0, 0.1) is 0 Å². The average Bonchev–Trinajstić information content (AvgIpc) is 2.73. The molecule has 0 radical (unpaired) electrons. The number of aliphatic hydroxyl groups is 1. The first-order valence-corrected chi connectivity index (χ1v) is 6.22. The van der Waals surface area contributed by atoms with Gasteiger partial charge in [-0.2, -0.15) is 0 Å². The predicted octanol–water partition coefficient (Wildman–Crippen LogP) is 2.69. The summed E-state index contributed by atoms with van der Waals surface area (Å²) in [5, 5.41) is 9.63. The van der Waals surface area contributed by atoms with Gasteiger partial charge in [-0.05, 0) is 32.8 Å². The van der Waals surface area contributed by atoms with Gasteiger partial charge >= 0.3 is 0 Å². The summed E-state index contributed by atoms with van der Waals surface area (Å²) in [4.78, 5) is 0. The van der Waals surface area contributed by atoms with Crippen molar-refractivity contribution in [2.45, 2.75) is 45.0 Å². The molecular weight excluding hydrogens is 216 g/mol. The topological polar surface area (TPSA) is 38.7 Å². The summed E-state index contributed by atoms with van der Waals surface area (Å²) in [5.74, 6) is 0.755.